The van der Waals surface area contributed by atoms with Crippen LogP contribution in [0.1, 0.15) is 43.1 Å². The first kappa shape index (κ1) is 17.9. The molecule has 0 atom stereocenters. The zero-order valence-corrected chi connectivity index (χ0v) is 14.9. The number of carbonyl (C=O) groups excluding carboxylic acids is 1. The highest BCUT2D eigenvalue weighted by Crippen LogP contribution is 2.40. The number of hydrogen-bond acceptors (Lipinski definition) is 4. The number of benzene rings is 2. The van der Waals surface area contributed by atoms with E-state index in [2.05, 4.69) is 32.9 Å². The van der Waals surface area contributed by atoms with Crippen LogP contribution in [-0.4, -0.2) is 20.5 Å². The Labute approximate surface area is 143 Å². The molecule has 0 aliphatic carbocycles. The van der Waals surface area contributed by atoms with Crippen LogP contribution >= 0.6 is 0 Å². The molecular formula is C20H24O4. The third kappa shape index (κ3) is 3.70. The minimum atomic E-state index is 0.122. The van der Waals surface area contributed by atoms with E-state index >= 15 is 0 Å². The highest BCUT2D eigenvalue weighted by Gasteiger charge is 2.18. The van der Waals surface area contributed by atoms with Crippen LogP contribution in [0, 0.1) is 0 Å². The van der Waals surface area contributed by atoms with Gasteiger partial charge in [0.1, 0.15) is 12.0 Å². The minimum absolute atomic E-state index is 0.122. The van der Waals surface area contributed by atoms with Gasteiger partial charge in [-0.1, -0.05) is 32.9 Å². The number of rotatable bonds is 7. The fraction of sp³-hybridized carbons (Fsp3) is 0.350. The molecule has 0 unspecified atom stereocenters. The van der Waals surface area contributed by atoms with Crippen molar-refractivity contribution in [2.45, 2.75) is 32.6 Å². The maximum absolute atomic E-state index is 11.1. The lowest BCUT2D eigenvalue weighted by Gasteiger charge is -2.23. The second-order valence-corrected chi connectivity index (χ2v) is 6.24. The molecule has 0 spiro atoms. The Bertz CT molecular complexity index is 702. The van der Waals surface area contributed by atoms with Crippen molar-refractivity contribution < 1.29 is 19.0 Å². The average Bonchev–Trinajstić information content (AvgIpc) is 2.61. The molecule has 0 saturated heterocycles. The molecule has 24 heavy (non-hydrogen) atoms. The molecule has 4 heteroatoms. The fourth-order valence-corrected chi connectivity index (χ4v) is 2.40. The second kappa shape index (κ2) is 7.39. The lowest BCUT2D eigenvalue weighted by atomic mass is 9.82. The molecule has 128 valence electrons. The van der Waals surface area contributed by atoms with Crippen molar-refractivity contribution in [3.63, 3.8) is 0 Å². The molecule has 0 aliphatic rings. The number of carbonyl (C=O) groups is 1. The largest absolute Gasteiger partial charge is 0.493 e. The smallest absolute Gasteiger partial charge is 0.203 e. The van der Waals surface area contributed by atoms with Gasteiger partial charge in [-0.05, 0) is 41.7 Å². The summed E-state index contributed by atoms with van der Waals surface area (Å²) in [6, 6.07) is 11.2. The molecule has 0 heterocycles. The SMILES string of the molecule is CCC(C)(C)c1ccc(Oc2cc(C=O)cc(OC)c2OC)cc1. The summed E-state index contributed by atoms with van der Waals surface area (Å²) in [7, 11) is 3.07. The first-order chi connectivity index (χ1) is 11.4. The van der Waals surface area contributed by atoms with Gasteiger partial charge >= 0.3 is 0 Å². The van der Waals surface area contributed by atoms with Crippen LogP contribution in [0.15, 0.2) is 36.4 Å². The molecule has 2 aromatic rings. The summed E-state index contributed by atoms with van der Waals surface area (Å²) < 4.78 is 16.6. The molecule has 2 rings (SSSR count). The summed E-state index contributed by atoms with van der Waals surface area (Å²) in [5.74, 6) is 2.04. The maximum atomic E-state index is 11.1. The van der Waals surface area contributed by atoms with Crippen LogP contribution < -0.4 is 14.2 Å². The summed E-state index contributed by atoms with van der Waals surface area (Å²) in [5, 5.41) is 0. The number of hydrogen-bond donors (Lipinski definition) is 0. The molecule has 0 amide bonds. The van der Waals surface area contributed by atoms with Crippen molar-refractivity contribution in [1.29, 1.82) is 0 Å². The van der Waals surface area contributed by atoms with Gasteiger partial charge in [-0.3, -0.25) is 4.79 Å². The van der Waals surface area contributed by atoms with Gasteiger partial charge in [0.15, 0.2) is 11.5 Å². The summed E-state index contributed by atoms with van der Waals surface area (Å²) in [6.45, 7) is 6.60. The van der Waals surface area contributed by atoms with Gasteiger partial charge in [0, 0.05) is 5.56 Å². The van der Waals surface area contributed by atoms with E-state index in [0.717, 1.165) is 12.7 Å². The predicted molar refractivity (Wildman–Crippen MR) is 94.8 cm³/mol. The van der Waals surface area contributed by atoms with Crippen LogP contribution in [0.4, 0.5) is 0 Å². The third-order valence-corrected chi connectivity index (χ3v) is 4.35. The highest BCUT2D eigenvalue weighted by molar-refractivity contribution is 5.78. The second-order valence-electron chi connectivity index (χ2n) is 6.24. The van der Waals surface area contributed by atoms with Gasteiger partial charge in [0.25, 0.3) is 0 Å². The Kier molecular flexibility index (Phi) is 5.50. The summed E-state index contributed by atoms with van der Waals surface area (Å²) in [5.41, 5.74) is 1.84. The summed E-state index contributed by atoms with van der Waals surface area (Å²) in [6.07, 6.45) is 1.81. The van der Waals surface area contributed by atoms with Gasteiger partial charge in [0.05, 0.1) is 14.2 Å². The van der Waals surface area contributed by atoms with Crippen molar-refractivity contribution in [3.8, 4) is 23.0 Å². The van der Waals surface area contributed by atoms with Crippen LogP contribution in [0.3, 0.4) is 0 Å². The van der Waals surface area contributed by atoms with E-state index in [1.165, 1.54) is 19.8 Å². The highest BCUT2D eigenvalue weighted by atomic mass is 16.5. The minimum Gasteiger partial charge on any atom is -0.493 e. The van der Waals surface area contributed by atoms with E-state index in [0.29, 0.717) is 28.6 Å². The molecule has 2 aromatic carbocycles. The average molecular weight is 328 g/mol. The maximum Gasteiger partial charge on any atom is 0.203 e. The van der Waals surface area contributed by atoms with E-state index < -0.39 is 0 Å². The van der Waals surface area contributed by atoms with E-state index in [1.807, 2.05) is 12.1 Å². The first-order valence-corrected chi connectivity index (χ1v) is 7.94. The molecular weight excluding hydrogens is 304 g/mol. The zero-order chi connectivity index (χ0) is 17.7. The lowest BCUT2D eigenvalue weighted by Crippen LogP contribution is -2.14. The number of ether oxygens (including phenoxy) is 3. The first-order valence-electron chi connectivity index (χ1n) is 7.94. The van der Waals surface area contributed by atoms with Gasteiger partial charge < -0.3 is 14.2 Å². The zero-order valence-electron chi connectivity index (χ0n) is 14.9. The molecule has 0 radical (unpaired) electrons. The third-order valence-electron chi connectivity index (χ3n) is 4.35. The Morgan fingerprint density at radius 3 is 2.12 bits per heavy atom. The Morgan fingerprint density at radius 1 is 1.00 bits per heavy atom. The Hall–Kier alpha value is -2.49. The van der Waals surface area contributed by atoms with Crippen LogP contribution in [0.5, 0.6) is 23.0 Å². The van der Waals surface area contributed by atoms with Crippen LogP contribution in [0.25, 0.3) is 0 Å². The van der Waals surface area contributed by atoms with Gasteiger partial charge in [-0.15, -0.1) is 0 Å². The number of methoxy groups -OCH3 is 2. The normalized spacial score (nSPS) is 11.0. The van der Waals surface area contributed by atoms with Crippen LogP contribution in [-0.2, 0) is 5.41 Å². The molecule has 0 bridgehead atoms. The quantitative estimate of drug-likeness (QED) is 0.671. The molecule has 0 aliphatic heterocycles. The van der Waals surface area contributed by atoms with E-state index in [9.17, 15) is 4.79 Å². The molecule has 4 nitrogen and oxygen atoms in total. The van der Waals surface area contributed by atoms with Crippen LogP contribution in [0.2, 0.25) is 0 Å². The van der Waals surface area contributed by atoms with Crippen molar-refractivity contribution in [3.05, 3.63) is 47.5 Å². The van der Waals surface area contributed by atoms with E-state index in [1.54, 1.807) is 12.1 Å². The van der Waals surface area contributed by atoms with Gasteiger partial charge in [-0.25, -0.2) is 0 Å². The molecule has 0 aromatic heterocycles. The van der Waals surface area contributed by atoms with Crippen molar-refractivity contribution in [1.82, 2.24) is 0 Å². The Morgan fingerprint density at radius 2 is 1.62 bits per heavy atom. The van der Waals surface area contributed by atoms with Crippen molar-refractivity contribution in [2.24, 2.45) is 0 Å². The standard InChI is InChI=1S/C20H24O4/c1-6-20(2,3)15-7-9-16(10-8-15)24-18-12-14(13-21)11-17(22-4)19(18)23-5/h7-13H,6H2,1-5H3. The monoisotopic (exact) mass is 328 g/mol. The van der Waals surface area contributed by atoms with E-state index in [-0.39, 0.29) is 5.41 Å². The van der Waals surface area contributed by atoms with Crippen molar-refractivity contribution >= 4 is 6.29 Å². The lowest BCUT2D eigenvalue weighted by molar-refractivity contribution is 0.112. The Balaban J connectivity index is 2.35. The molecule has 0 saturated carbocycles. The fourth-order valence-electron chi connectivity index (χ4n) is 2.40. The summed E-state index contributed by atoms with van der Waals surface area (Å²) >= 11 is 0. The number of aldehydes is 1. The van der Waals surface area contributed by atoms with Crippen molar-refractivity contribution in [2.75, 3.05) is 14.2 Å². The van der Waals surface area contributed by atoms with E-state index in [4.69, 9.17) is 14.2 Å². The summed E-state index contributed by atoms with van der Waals surface area (Å²) in [4.78, 5) is 11.1. The molecule has 0 N–H and O–H groups in total. The van der Waals surface area contributed by atoms with Gasteiger partial charge in [-0.2, -0.15) is 0 Å². The van der Waals surface area contributed by atoms with Gasteiger partial charge in [0.2, 0.25) is 5.75 Å². The topological polar surface area (TPSA) is 44.8 Å². The predicted octanol–water partition coefficient (Wildman–Crippen LogP) is 5.00. The molecule has 0 fully saturated rings.